The number of phenols is 1. The SMILES string of the molecule is CC1NC(=O)C(C2CC2)N(Cc2cccc(O)c2)C1=O. The van der Waals surface area contributed by atoms with Crippen molar-refractivity contribution in [3.8, 4) is 5.75 Å². The van der Waals surface area contributed by atoms with Crippen LogP contribution in [0.15, 0.2) is 24.3 Å². The van der Waals surface area contributed by atoms with Gasteiger partial charge in [-0.25, -0.2) is 0 Å². The second-order valence-corrected chi connectivity index (χ2v) is 5.65. The van der Waals surface area contributed by atoms with Crippen LogP contribution < -0.4 is 5.32 Å². The van der Waals surface area contributed by atoms with Gasteiger partial charge in [0.15, 0.2) is 0 Å². The summed E-state index contributed by atoms with van der Waals surface area (Å²) in [6, 6.07) is 5.99. The molecule has 1 heterocycles. The van der Waals surface area contributed by atoms with E-state index in [0.717, 1.165) is 18.4 Å². The number of hydrogen-bond acceptors (Lipinski definition) is 3. The first-order valence-electron chi connectivity index (χ1n) is 6.95. The summed E-state index contributed by atoms with van der Waals surface area (Å²) in [7, 11) is 0. The second kappa shape index (κ2) is 4.81. The van der Waals surface area contributed by atoms with E-state index in [1.807, 2.05) is 6.07 Å². The minimum atomic E-state index is -0.477. The largest absolute Gasteiger partial charge is 0.508 e. The van der Waals surface area contributed by atoms with Gasteiger partial charge in [-0.3, -0.25) is 9.59 Å². The van der Waals surface area contributed by atoms with Crippen LogP contribution in [0.3, 0.4) is 0 Å². The number of benzene rings is 1. The molecule has 1 aliphatic carbocycles. The first-order valence-corrected chi connectivity index (χ1v) is 6.95. The third kappa shape index (κ3) is 2.35. The van der Waals surface area contributed by atoms with E-state index >= 15 is 0 Å². The van der Waals surface area contributed by atoms with E-state index in [4.69, 9.17) is 0 Å². The Kier molecular flexibility index (Phi) is 3.12. The Morgan fingerprint density at radius 3 is 2.75 bits per heavy atom. The molecule has 106 valence electrons. The molecule has 1 aromatic carbocycles. The minimum Gasteiger partial charge on any atom is -0.508 e. The Bertz CT molecular complexity index is 554. The summed E-state index contributed by atoms with van der Waals surface area (Å²) in [6.45, 7) is 2.07. The van der Waals surface area contributed by atoms with Crippen molar-refractivity contribution >= 4 is 11.8 Å². The molecule has 2 N–H and O–H groups in total. The summed E-state index contributed by atoms with van der Waals surface area (Å²) in [5.41, 5.74) is 0.839. The molecule has 2 amide bonds. The van der Waals surface area contributed by atoms with Crippen LogP contribution in [0.1, 0.15) is 25.3 Å². The Morgan fingerprint density at radius 2 is 2.10 bits per heavy atom. The van der Waals surface area contributed by atoms with Crippen LogP contribution in [0.25, 0.3) is 0 Å². The second-order valence-electron chi connectivity index (χ2n) is 5.65. The summed E-state index contributed by atoms with van der Waals surface area (Å²) in [4.78, 5) is 26.2. The van der Waals surface area contributed by atoms with Crippen LogP contribution in [-0.2, 0) is 16.1 Å². The Balaban J connectivity index is 1.86. The Morgan fingerprint density at radius 1 is 1.35 bits per heavy atom. The highest BCUT2D eigenvalue weighted by molar-refractivity contribution is 5.97. The number of nitrogens with one attached hydrogen (secondary N) is 1. The van der Waals surface area contributed by atoms with Crippen molar-refractivity contribution in [1.29, 1.82) is 0 Å². The van der Waals surface area contributed by atoms with Gasteiger partial charge >= 0.3 is 0 Å². The molecule has 0 spiro atoms. The van der Waals surface area contributed by atoms with E-state index < -0.39 is 6.04 Å². The molecule has 2 fully saturated rings. The topological polar surface area (TPSA) is 69.6 Å². The van der Waals surface area contributed by atoms with Crippen molar-refractivity contribution in [2.45, 2.75) is 38.4 Å². The minimum absolute atomic E-state index is 0.0511. The molecule has 0 aromatic heterocycles. The number of hydrogen-bond donors (Lipinski definition) is 2. The van der Waals surface area contributed by atoms with E-state index in [2.05, 4.69) is 5.32 Å². The van der Waals surface area contributed by atoms with Crippen molar-refractivity contribution in [2.75, 3.05) is 0 Å². The number of aromatic hydroxyl groups is 1. The average molecular weight is 274 g/mol. The van der Waals surface area contributed by atoms with E-state index in [1.54, 1.807) is 30.0 Å². The molecule has 1 aliphatic heterocycles. The maximum Gasteiger partial charge on any atom is 0.245 e. The summed E-state index contributed by atoms with van der Waals surface area (Å²) >= 11 is 0. The lowest BCUT2D eigenvalue weighted by molar-refractivity contribution is -0.150. The van der Waals surface area contributed by atoms with Crippen LogP contribution in [-0.4, -0.2) is 33.9 Å². The predicted octanol–water partition coefficient (Wildman–Crippen LogP) is 1.02. The van der Waals surface area contributed by atoms with Gasteiger partial charge in [0.05, 0.1) is 0 Å². The predicted molar refractivity (Wildman–Crippen MR) is 72.8 cm³/mol. The molecular formula is C15H18N2O3. The molecule has 20 heavy (non-hydrogen) atoms. The number of rotatable bonds is 3. The van der Waals surface area contributed by atoms with Crippen molar-refractivity contribution in [3.05, 3.63) is 29.8 Å². The van der Waals surface area contributed by atoms with Gasteiger partial charge in [-0.05, 0) is 43.4 Å². The fourth-order valence-corrected chi connectivity index (χ4v) is 2.80. The first-order chi connectivity index (χ1) is 9.56. The average Bonchev–Trinajstić information content (AvgIpc) is 3.20. The molecule has 0 bridgehead atoms. The fraction of sp³-hybridized carbons (Fsp3) is 0.467. The number of carbonyl (C=O) groups is 2. The van der Waals surface area contributed by atoms with Gasteiger partial charge < -0.3 is 15.3 Å². The zero-order valence-electron chi connectivity index (χ0n) is 11.4. The highest BCUT2D eigenvalue weighted by Gasteiger charge is 2.46. The van der Waals surface area contributed by atoms with Gasteiger partial charge in [-0.15, -0.1) is 0 Å². The van der Waals surface area contributed by atoms with Crippen LogP contribution in [0.2, 0.25) is 0 Å². The molecule has 2 atom stereocenters. The molecule has 1 saturated heterocycles. The molecule has 5 heteroatoms. The molecule has 5 nitrogen and oxygen atoms in total. The zero-order valence-corrected chi connectivity index (χ0v) is 11.4. The van der Waals surface area contributed by atoms with Crippen molar-refractivity contribution in [1.82, 2.24) is 10.2 Å². The van der Waals surface area contributed by atoms with Gasteiger partial charge in [-0.1, -0.05) is 12.1 Å². The molecule has 3 rings (SSSR count). The van der Waals surface area contributed by atoms with Crippen molar-refractivity contribution < 1.29 is 14.7 Å². The molecule has 2 unspecified atom stereocenters. The zero-order chi connectivity index (χ0) is 14.3. The number of nitrogens with zero attached hydrogens (tertiary/aromatic N) is 1. The van der Waals surface area contributed by atoms with E-state index in [9.17, 15) is 14.7 Å². The lowest BCUT2D eigenvalue weighted by Crippen LogP contribution is -2.62. The Labute approximate surface area is 117 Å². The van der Waals surface area contributed by atoms with Gasteiger partial charge in [0, 0.05) is 6.54 Å². The quantitative estimate of drug-likeness (QED) is 0.864. The van der Waals surface area contributed by atoms with E-state index in [0.29, 0.717) is 6.54 Å². The van der Waals surface area contributed by atoms with Crippen LogP contribution in [0.5, 0.6) is 5.75 Å². The van der Waals surface area contributed by atoms with Crippen molar-refractivity contribution in [3.63, 3.8) is 0 Å². The van der Waals surface area contributed by atoms with Crippen LogP contribution in [0, 0.1) is 5.92 Å². The molecule has 1 aromatic rings. The lowest BCUT2D eigenvalue weighted by Gasteiger charge is -2.38. The molecule has 0 radical (unpaired) electrons. The van der Waals surface area contributed by atoms with Gasteiger partial charge in [0.1, 0.15) is 17.8 Å². The number of amides is 2. The number of piperazine rings is 1. The maximum absolute atomic E-state index is 12.4. The normalized spacial score (nSPS) is 26.6. The Hall–Kier alpha value is -2.04. The van der Waals surface area contributed by atoms with Gasteiger partial charge in [0.2, 0.25) is 11.8 Å². The molecular weight excluding hydrogens is 256 g/mol. The highest BCUT2D eigenvalue weighted by atomic mass is 16.3. The summed E-state index contributed by atoms with van der Waals surface area (Å²) in [6.07, 6.45) is 1.99. The monoisotopic (exact) mass is 274 g/mol. The molecule has 1 saturated carbocycles. The van der Waals surface area contributed by atoms with E-state index in [1.165, 1.54) is 0 Å². The van der Waals surface area contributed by atoms with Gasteiger partial charge in [0.25, 0.3) is 0 Å². The number of phenolic OH excluding ortho intramolecular Hbond substituents is 1. The number of carbonyl (C=O) groups excluding carboxylic acids is 2. The van der Waals surface area contributed by atoms with Crippen LogP contribution in [0.4, 0.5) is 0 Å². The standard InChI is InChI=1S/C15H18N2O3/c1-9-15(20)17(8-10-3-2-4-12(18)7-10)13(11-5-6-11)14(19)16-9/h2-4,7,9,11,13,18H,5-6,8H2,1H3,(H,16,19). The summed E-state index contributed by atoms with van der Waals surface area (Å²) < 4.78 is 0. The third-order valence-electron chi connectivity index (χ3n) is 3.95. The summed E-state index contributed by atoms with van der Waals surface area (Å²) in [5, 5.41) is 12.3. The summed E-state index contributed by atoms with van der Waals surface area (Å²) in [5.74, 6) is 0.348. The third-order valence-corrected chi connectivity index (χ3v) is 3.95. The van der Waals surface area contributed by atoms with Gasteiger partial charge in [-0.2, -0.15) is 0 Å². The highest BCUT2D eigenvalue weighted by Crippen LogP contribution is 2.37. The van der Waals surface area contributed by atoms with E-state index in [-0.39, 0.29) is 29.5 Å². The smallest absolute Gasteiger partial charge is 0.245 e. The maximum atomic E-state index is 12.4. The van der Waals surface area contributed by atoms with Crippen molar-refractivity contribution in [2.24, 2.45) is 5.92 Å². The molecule has 2 aliphatic rings. The van der Waals surface area contributed by atoms with Crippen LogP contribution >= 0.6 is 0 Å². The lowest BCUT2D eigenvalue weighted by atomic mass is 10.0. The fourth-order valence-electron chi connectivity index (χ4n) is 2.80. The first kappa shape index (κ1) is 13.0.